The van der Waals surface area contributed by atoms with E-state index < -0.39 is 30.6 Å². The van der Waals surface area contributed by atoms with Crippen LogP contribution in [0.3, 0.4) is 0 Å². The summed E-state index contributed by atoms with van der Waals surface area (Å²) >= 11 is 0. The summed E-state index contributed by atoms with van der Waals surface area (Å²) in [5.74, 6) is -2.10. The van der Waals surface area contributed by atoms with Crippen molar-refractivity contribution in [1.29, 1.82) is 0 Å². The number of aliphatic hydroxyl groups is 1. The lowest BCUT2D eigenvalue weighted by molar-refractivity contribution is -0.146. The standard InChI is InChI=1S/C25H28N2O6/c28-13-12-27(14-23(29)30)24(31)20-10-5-11-22(20)26-25(32)33-15-21-18-8-3-1-6-16(18)17-7-2-4-9-19(17)21/h1-4,6-9,20-22,28H,5,10-15H2,(H,26,32)(H,29,30)/t20-,22+/m0/s1. The number of carbonyl (C=O) groups is 3. The molecule has 8 heteroatoms. The van der Waals surface area contributed by atoms with Gasteiger partial charge in [0.1, 0.15) is 13.2 Å². The number of hydrogen-bond donors (Lipinski definition) is 3. The van der Waals surface area contributed by atoms with Gasteiger partial charge < -0.3 is 25.2 Å². The van der Waals surface area contributed by atoms with Gasteiger partial charge in [0.25, 0.3) is 0 Å². The third-order valence-corrected chi connectivity index (χ3v) is 6.49. The molecule has 0 spiro atoms. The SMILES string of the molecule is O=C(O)CN(CCO)C(=O)[C@H]1CCC[C@H]1NC(=O)OCC1c2ccccc2-c2ccccc21. The fourth-order valence-corrected chi connectivity index (χ4v) is 5.01. The highest BCUT2D eigenvalue weighted by atomic mass is 16.5. The van der Waals surface area contributed by atoms with Crippen molar-refractivity contribution in [1.82, 2.24) is 10.2 Å². The summed E-state index contributed by atoms with van der Waals surface area (Å²) in [7, 11) is 0. The van der Waals surface area contributed by atoms with Gasteiger partial charge in [-0.2, -0.15) is 0 Å². The molecule has 2 aliphatic rings. The Morgan fingerprint density at radius 2 is 1.64 bits per heavy atom. The summed E-state index contributed by atoms with van der Waals surface area (Å²) in [5.41, 5.74) is 4.53. The number of alkyl carbamates (subject to hydrolysis) is 1. The Morgan fingerprint density at radius 1 is 1.00 bits per heavy atom. The van der Waals surface area contributed by atoms with Crippen LogP contribution in [-0.4, -0.2) is 65.4 Å². The monoisotopic (exact) mass is 452 g/mol. The lowest BCUT2D eigenvalue weighted by Crippen LogP contribution is -2.47. The maximum Gasteiger partial charge on any atom is 0.407 e. The fraction of sp³-hybridized carbons (Fsp3) is 0.400. The Bertz CT molecular complexity index is 994. The third kappa shape index (κ3) is 4.85. The van der Waals surface area contributed by atoms with Crippen LogP contribution in [0.15, 0.2) is 48.5 Å². The predicted molar refractivity (Wildman–Crippen MR) is 121 cm³/mol. The lowest BCUT2D eigenvalue weighted by Gasteiger charge is -2.27. The zero-order valence-corrected chi connectivity index (χ0v) is 18.3. The van der Waals surface area contributed by atoms with E-state index in [1.165, 1.54) is 0 Å². The normalized spacial score (nSPS) is 18.9. The van der Waals surface area contributed by atoms with Crippen molar-refractivity contribution in [3.63, 3.8) is 0 Å². The fourth-order valence-electron chi connectivity index (χ4n) is 5.01. The van der Waals surface area contributed by atoms with Crippen molar-refractivity contribution in [2.24, 2.45) is 5.92 Å². The molecule has 2 atom stereocenters. The molecule has 2 aliphatic carbocycles. The molecule has 2 amide bonds. The molecule has 0 saturated heterocycles. The smallest absolute Gasteiger partial charge is 0.407 e. The first-order valence-corrected chi connectivity index (χ1v) is 11.2. The molecule has 3 N–H and O–H groups in total. The molecule has 33 heavy (non-hydrogen) atoms. The van der Waals surface area contributed by atoms with Crippen molar-refractivity contribution >= 4 is 18.0 Å². The summed E-state index contributed by atoms with van der Waals surface area (Å²) < 4.78 is 5.59. The molecular formula is C25H28N2O6. The second-order valence-corrected chi connectivity index (χ2v) is 8.49. The van der Waals surface area contributed by atoms with Crippen LogP contribution in [0.4, 0.5) is 4.79 Å². The number of hydrogen-bond acceptors (Lipinski definition) is 5. The Hall–Kier alpha value is -3.39. The maximum absolute atomic E-state index is 12.9. The van der Waals surface area contributed by atoms with E-state index in [1.807, 2.05) is 36.4 Å². The van der Waals surface area contributed by atoms with Crippen LogP contribution < -0.4 is 5.32 Å². The first kappa shape index (κ1) is 22.8. The van der Waals surface area contributed by atoms with Gasteiger partial charge in [-0.1, -0.05) is 55.0 Å². The Morgan fingerprint density at radius 3 is 2.24 bits per heavy atom. The number of aliphatic hydroxyl groups excluding tert-OH is 1. The second-order valence-electron chi connectivity index (χ2n) is 8.49. The second kappa shape index (κ2) is 10.0. The van der Waals surface area contributed by atoms with Gasteiger partial charge in [0.15, 0.2) is 0 Å². The van der Waals surface area contributed by atoms with Gasteiger partial charge in [-0.05, 0) is 35.1 Å². The first-order valence-electron chi connectivity index (χ1n) is 11.2. The molecule has 0 bridgehead atoms. The predicted octanol–water partition coefficient (Wildman–Crippen LogP) is 2.60. The van der Waals surface area contributed by atoms with Crippen LogP contribution in [0.1, 0.15) is 36.3 Å². The highest BCUT2D eigenvalue weighted by molar-refractivity contribution is 5.84. The van der Waals surface area contributed by atoms with E-state index in [9.17, 15) is 19.5 Å². The molecule has 0 aromatic heterocycles. The molecule has 0 radical (unpaired) electrons. The van der Waals surface area contributed by atoms with Crippen molar-refractivity contribution in [2.45, 2.75) is 31.2 Å². The summed E-state index contributed by atoms with van der Waals surface area (Å²) in [6, 6.07) is 15.7. The number of carbonyl (C=O) groups excluding carboxylic acids is 2. The molecule has 0 heterocycles. The van der Waals surface area contributed by atoms with E-state index in [-0.39, 0.29) is 31.6 Å². The van der Waals surface area contributed by atoms with Crippen molar-refractivity contribution in [3.05, 3.63) is 59.7 Å². The minimum absolute atomic E-state index is 0.0558. The van der Waals surface area contributed by atoms with Crippen LogP contribution in [-0.2, 0) is 14.3 Å². The number of benzene rings is 2. The number of fused-ring (bicyclic) bond motifs is 3. The zero-order chi connectivity index (χ0) is 23.4. The highest BCUT2D eigenvalue weighted by Crippen LogP contribution is 2.44. The van der Waals surface area contributed by atoms with Crippen molar-refractivity contribution in [2.75, 3.05) is 26.3 Å². The minimum Gasteiger partial charge on any atom is -0.480 e. The van der Waals surface area contributed by atoms with Crippen molar-refractivity contribution in [3.8, 4) is 11.1 Å². The van der Waals surface area contributed by atoms with Gasteiger partial charge in [-0.15, -0.1) is 0 Å². The molecule has 1 fully saturated rings. The van der Waals surface area contributed by atoms with E-state index in [0.29, 0.717) is 12.8 Å². The van der Waals surface area contributed by atoms with E-state index in [4.69, 9.17) is 9.84 Å². The van der Waals surface area contributed by atoms with Gasteiger partial charge in [0.05, 0.1) is 12.5 Å². The number of carboxylic acids is 1. The van der Waals surface area contributed by atoms with Crippen LogP contribution in [0.2, 0.25) is 0 Å². The van der Waals surface area contributed by atoms with Gasteiger partial charge in [0, 0.05) is 18.5 Å². The van der Waals surface area contributed by atoms with Crippen LogP contribution in [0.5, 0.6) is 0 Å². The largest absolute Gasteiger partial charge is 0.480 e. The first-order chi connectivity index (χ1) is 16.0. The zero-order valence-electron chi connectivity index (χ0n) is 18.3. The summed E-state index contributed by atoms with van der Waals surface area (Å²) in [5, 5.41) is 21.1. The molecule has 4 rings (SSSR count). The van der Waals surface area contributed by atoms with Crippen LogP contribution >= 0.6 is 0 Å². The lowest BCUT2D eigenvalue weighted by atomic mass is 9.98. The number of nitrogens with one attached hydrogen (secondary N) is 1. The Balaban J connectivity index is 1.39. The number of nitrogens with zero attached hydrogens (tertiary/aromatic N) is 1. The molecular weight excluding hydrogens is 424 g/mol. The molecule has 2 aromatic rings. The summed E-state index contributed by atoms with van der Waals surface area (Å²) in [4.78, 5) is 37.7. The minimum atomic E-state index is -1.14. The maximum atomic E-state index is 12.9. The van der Waals surface area contributed by atoms with Crippen LogP contribution in [0.25, 0.3) is 11.1 Å². The average molecular weight is 453 g/mol. The highest BCUT2D eigenvalue weighted by Gasteiger charge is 2.37. The van der Waals surface area contributed by atoms with Gasteiger partial charge >= 0.3 is 12.1 Å². The van der Waals surface area contributed by atoms with E-state index in [0.717, 1.165) is 33.6 Å². The number of amides is 2. The quantitative estimate of drug-likeness (QED) is 0.567. The molecule has 0 unspecified atom stereocenters. The number of rotatable bonds is 8. The topological polar surface area (TPSA) is 116 Å². The number of aliphatic carboxylic acids is 1. The number of carboxylic acid groups (broad SMARTS) is 1. The van der Waals surface area contributed by atoms with Gasteiger partial charge in [-0.3, -0.25) is 9.59 Å². The van der Waals surface area contributed by atoms with E-state index in [1.54, 1.807) is 0 Å². The third-order valence-electron chi connectivity index (χ3n) is 6.49. The van der Waals surface area contributed by atoms with Gasteiger partial charge in [-0.25, -0.2) is 4.79 Å². The molecule has 8 nitrogen and oxygen atoms in total. The average Bonchev–Trinajstić information content (AvgIpc) is 3.39. The Labute approximate surface area is 192 Å². The summed E-state index contributed by atoms with van der Waals surface area (Å²) in [6.07, 6.45) is 1.31. The van der Waals surface area contributed by atoms with Crippen molar-refractivity contribution < 1.29 is 29.3 Å². The van der Waals surface area contributed by atoms with E-state index >= 15 is 0 Å². The molecule has 1 saturated carbocycles. The summed E-state index contributed by atoms with van der Waals surface area (Å²) in [6.45, 7) is -0.677. The van der Waals surface area contributed by atoms with E-state index in [2.05, 4.69) is 17.4 Å². The Kier molecular flexibility index (Phi) is 6.93. The molecule has 0 aliphatic heterocycles. The van der Waals surface area contributed by atoms with Crippen LogP contribution in [0, 0.1) is 5.92 Å². The van der Waals surface area contributed by atoms with Gasteiger partial charge in [0.2, 0.25) is 5.91 Å². The molecule has 2 aromatic carbocycles. The molecule has 174 valence electrons. The number of ether oxygens (including phenoxy) is 1.